The van der Waals surface area contributed by atoms with Gasteiger partial charge in [-0.1, -0.05) is 0 Å². The molecule has 90 valence electrons. The van der Waals surface area contributed by atoms with Crippen molar-refractivity contribution in [2.24, 2.45) is 0 Å². The molecule has 1 aromatic rings. The summed E-state index contributed by atoms with van der Waals surface area (Å²) >= 11 is 1.47. The summed E-state index contributed by atoms with van der Waals surface area (Å²) in [5.74, 6) is 0.0150. The zero-order chi connectivity index (χ0) is 12.0. The lowest BCUT2D eigenvalue weighted by Gasteiger charge is -2.14. The number of carbonyl (C=O) groups excluding carboxylic acids is 1. The Morgan fingerprint density at radius 3 is 2.94 bits per heavy atom. The predicted molar refractivity (Wildman–Crippen MR) is 64.3 cm³/mol. The van der Waals surface area contributed by atoms with E-state index in [4.69, 9.17) is 4.84 Å². The molecule has 6 heteroatoms. The molecule has 0 spiro atoms. The topological polar surface area (TPSA) is 54.5 Å². The molecule has 0 aliphatic heterocycles. The first-order valence-corrected chi connectivity index (χ1v) is 6.14. The summed E-state index contributed by atoms with van der Waals surface area (Å²) in [5, 5.41) is 2.66. The number of rotatable bonds is 6. The molecule has 0 fully saturated rings. The monoisotopic (exact) mass is 243 g/mol. The smallest absolute Gasteiger partial charge is 0.225 e. The Balaban J connectivity index is 2.59. The molecule has 1 N–H and O–H groups in total. The third kappa shape index (κ3) is 3.55. The molecule has 0 aromatic carbocycles. The summed E-state index contributed by atoms with van der Waals surface area (Å²) in [6, 6.07) is 0. The van der Waals surface area contributed by atoms with E-state index >= 15 is 0 Å². The summed E-state index contributed by atoms with van der Waals surface area (Å²) in [5.41, 5.74) is 3.67. The van der Waals surface area contributed by atoms with Crippen LogP contribution < -0.4 is 10.4 Å². The Kier molecular flexibility index (Phi) is 5.37. The SMILES string of the molecule is CCONCc1csc(N(CC)C(C)=O)n1. The van der Waals surface area contributed by atoms with Crippen molar-refractivity contribution in [2.45, 2.75) is 27.3 Å². The molecule has 0 aliphatic rings. The van der Waals surface area contributed by atoms with E-state index in [2.05, 4.69) is 10.5 Å². The van der Waals surface area contributed by atoms with Crippen molar-refractivity contribution in [1.29, 1.82) is 0 Å². The number of nitrogens with zero attached hydrogens (tertiary/aromatic N) is 2. The molecule has 0 saturated heterocycles. The van der Waals surface area contributed by atoms with Gasteiger partial charge in [-0.15, -0.1) is 11.3 Å². The normalized spacial score (nSPS) is 10.4. The first-order chi connectivity index (χ1) is 7.69. The largest absolute Gasteiger partial charge is 0.302 e. The number of anilines is 1. The predicted octanol–water partition coefficient (Wildman–Crippen LogP) is 1.56. The molecule has 1 heterocycles. The Morgan fingerprint density at radius 1 is 1.62 bits per heavy atom. The van der Waals surface area contributed by atoms with E-state index in [1.54, 1.807) is 11.8 Å². The standard InChI is InChI=1S/C10H17N3O2S/c1-4-13(8(3)14)10-12-9(7-16-10)6-11-15-5-2/h7,11H,4-6H2,1-3H3. The number of hydrogen-bond acceptors (Lipinski definition) is 5. The van der Waals surface area contributed by atoms with Crippen molar-refractivity contribution in [3.8, 4) is 0 Å². The number of hydrogen-bond donors (Lipinski definition) is 1. The van der Waals surface area contributed by atoms with Gasteiger partial charge in [-0.25, -0.2) is 4.98 Å². The maximum atomic E-state index is 11.3. The van der Waals surface area contributed by atoms with E-state index in [0.717, 1.165) is 10.8 Å². The van der Waals surface area contributed by atoms with E-state index in [9.17, 15) is 4.79 Å². The lowest BCUT2D eigenvalue weighted by atomic mass is 10.5. The molecule has 0 atom stereocenters. The highest BCUT2D eigenvalue weighted by Crippen LogP contribution is 2.20. The molecule has 5 nitrogen and oxygen atoms in total. The third-order valence-electron chi connectivity index (χ3n) is 1.97. The molecule has 0 saturated carbocycles. The molecule has 16 heavy (non-hydrogen) atoms. The second-order valence-electron chi connectivity index (χ2n) is 3.14. The van der Waals surface area contributed by atoms with Crippen molar-refractivity contribution in [1.82, 2.24) is 10.5 Å². The van der Waals surface area contributed by atoms with Crippen LogP contribution in [0.2, 0.25) is 0 Å². The van der Waals surface area contributed by atoms with Crippen LogP contribution in [0.3, 0.4) is 0 Å². The van der Waals surface area contributed by atoms with Crippen LogP contribution in [0.5, 0.6) is 0 Å². The van der Waals surface area contributed by atoms with Crippen LogP contribution in [-0.4, -0.2) is 24.0 Å². The van der Waals surface area contributed by atoms with E-state index < -0.39 is 0 Å². The third-order valence-corrected chi connectivity index (χ3v) is 2.88. The lowest BCUT2D eigenvalue weighted by molar-refractivity contribution is -0.116. The Labute approximate surface area is 99.4 Å². The molecular weight excluding hydrogens is 226 g/mol. The number of thiazole rings is 1. The van der Waals surface area contributed by atoms with Crippen LogP contribution in [0.15, 0.2) is 5.38 Å². The van der Waals surface area contributed by atoms with Gasteiger partial charge in [-0.3, -0.25) is 9.69 Å². The molecule has 0 bridgehead atoms. The second kappa shape index (κ2) is 6.57. The minimum absolute atomic E-state index is 0.0150. The fourth-order valence-electron chi connectivity index (χ4n) is 1.22. The van der Waals surface area contributed by atoms with Crippen LogP contribution in [0.4, 0.5) is 5.13 Å². The lowest BCUT2D eigenvalue weighted by Crippen LogP contribution is -2.27. The Bertz CT molecular complexity index is 341. The zero-order valence-electron chi connectivity index (χ0n) is 9.82. The van der Waals surface area contributed by atoms with Crippen LogP contribution in [-0.2, 0) is 16.2 Å². The fraction of sp³-hybridized carbons (Fsp3) is 0.600. The highest BCUT2D eigenvalue weighted by Gasteiger charge is 2.12. The highest BCUT2D eigenvalue weighted by atomic mass is 32.1. The van der Waals surface area contributed by atoms with Gasteiger partial charge in [0, 0.05) is 18.8 Å². The number of aromatic nitrogens is 1. The molecule has 0 radical (unpaired) electrons. The summed E-state index contributed by atoms with van der Waals surface area (Å²) in [6.07, 6.45) is 0. The average molecular weight is 243 g/mol. The van der Waals surface area contributed by atoms with Gasteiger partial charge in [0.25, 0.3) is 0 Å². The van der Waals surface area contributed by atoms with Crippen molar-refractivity contribution in [2.75, 3.05) is 18.1 Å². The van der Waals surface area contributed by atoms with Gasteiger partial charge in [0.05, 0.1) is 18.8 Å². The van der Waals surface area contributed by atoms with Gasteiger partial charge in [-0.05, 0) is 13.8 Å². The molecule has 1 amide bonds. The van der Waals surface area contributed by atoms with Gasteiger partial charge < -0.3 is 4.84 Å². The maximum Gasteiger partial charge on any atom is 0.225 e. The summed E-state index contributed by atoms with van der Waals surface area (Å²) in [7, 11) is 0. The number of amides is 1. The van der Waals surface area contributed by atoms with Gasteiger partial charge in [0.2, 0.25) is 5.91 Å². The van der Waals surface area contributed by atoms with Crippen molar-refractivity contribution in [3.63, 3.8) is 0 Å². The molecule has 1 rings (SSSR count). The fourth-order valence-corrected chi connectivity index (χ4v) is 2.15. The van der Waals surface area contributed by atoms with Gasteiger partial charge in [-0.2, -0.15) is 5.48 Å². The quantitative estimate of drug-likeness (QED) is 0.608. The summed E-state index contributed by atoms with van der Waals surface area (Å²) < 4.78 is 0. The summed E-state index contributed by atoms with van der Waals surface area (Å²) in [4.78, 5) is 22.3. The molecular formula is C10H17N3O2S. The van der Waals surface area contributed by atoms with E-state index in [1.165, 1.54) is 11.3 Å². The Morgan fingerprint density at radius 2 is 2.38 bits per heavy atom. The van der Waals surface area contributed by atoms with Gasteiger partial charge >= 0.3 is 0 Å². The van der Waals surface area contributed by atoms with Crippen molar-refractivity contribution in [3.05, 3.63) is 11.1 Å². The minimum atomic E-state index is 0.0150. The summed E-state index contributed by atoms with van der Waals surface area (Å²) in [6.45, 7) is 7.20. The first kappa shape index (κ1) is 13.1. The minimum Gasteiger partial charge on any atom is -0.302 e. The average Bonchev–Trinajstić information content (AvgIpc) is 2.67. The van der Waals surface area contributed by atoms with Gasteiger partial charge in [0.15, 0.2) is 5.13 Å². The second-order valence-corrected chi connectivity index (χ2v) is 3.98. The van der Waals surface area contributed by atoms with Crippen molar-refractivity contribution < 1.29 is 9.63 Å². The first-order valence-electron chi connectivity index (χ1n) is 5.26. The Hall–Kier alpha value is -0.980. The van der Waals surface area contributed by atoms with Crippen LogP contribution in [0.25, 0.3) is 0 Å². The molecule has 1 aromatic heterocycles. The number of carbonyl (C=O) groups is 1. The van der Waals surface area contributed by atoms with E-state index in [-0.39, 0.29) is 5.91 Å². The number of nitrogens with one attached hydrogen (secondary N) is 1. The highest BCUT2D eigenvalue weighted by molar-refractivity contribution is 7.14. The van der Waals surface area contributed by atoms with Crippen LogP contribution in [0, 0.1) is 0 Å². The maximum absolute atomic E-state index is 11.3. The van der Waals surface area contributed by atoms with Crippen LogP contribution >= 0.6 is 11.3 Å². The van der Waals surface area contributed by atoms with Crippen LogP contribution in [0.1, 0.15) is 26.5 Å². The van der Waals surface area contributed by atoms with Gasteiger partial charge in [0.1, 0.15) is 0 Å². The van der Waals surface area contributed by atoms with Crippen molar-refractivity contribution >= 4 is 22.4 Å². The molecule has 0 unspecified atom stereocenters. The molecule has 0 aliphatic carbocycles. The van der Waals surface area contributed by atoms with E-state index in [0.29, 0.717) is 19.7 Å². The zero-order valence-corrected chi connectivity index (χ0v) is 10.6. The number of hydroxylamine groups is 1. The van der Waals surface area contributed by atoms with E-state index in [1.807, 2.05) is 19.2 Å².